The molecule has 0 bridgehead atoms. The number of amides is 2. The van der Waals surface area contributed by atoms with Gasteiger partial charge in [-0.05, 0) is 30.5 Å². The molecule has 0 heterocycles. The molecule has 0 aromatic heterocycles. The molecule has 0 saturated carbocycles. The Bertz CT molecular complexity index is 748. The average Bonchev–Trinajstić information content (AvgIpc) is 2.62. The summed E-state index contributed by atoms with van der Waals surface area (Å²) < 4.78 is 5.21. The molecule has 0 fully saturated rings. The maximum atomic E-state index is 12.0. The summed E-state index contributed by atoms with van der Waals surface area (Å²) in [5.41, 5.74) is 2.43. The zero-order chi connectivity index (χ0) is 18.2. The lowest BCUT2D eigenvalue weighted by atomic mass is 10.1. The van der Waals surface area contributed by atoms with E-state index < -0.39 is 0 Å². The van der Waals surface area contributed by atoms with Crippen molar-refractivity contribution in [2.24, 2.45) is 0 Å². The van der Waals surface area contributed by atoms with E-state index in [0.717, 1.165) is 11.1 Å². The molecule has 2 N–H and O–H groups in total. The normalized spacial score (nSPS) is 10.2. The minimum atomic E-state index is -0.326. The van der Waals surface area contributed by atoms with E-state index >= 15 is 0 Å². The van der Waals surface area contributed by atoms with E-state index in [2.05, 4.69) is 10.6 Å². The van der Waals surface area contributed by atoms with E-state index in [4.69, 9.17) is 16.3 Å². The molecule has 0 atom stereocenters. The van der Waals surface area contributed by atoms with Gasteiger partial charge < -0.3 is 15.4 Å². The van der Waals surface area contributed by atoms with Crippen LogP contribution in [0.25, 0.3) is 0 Å². The highest BCUT2D eigenvalue weighted by Gasteiger charge is 2.11. The summed E-state index contributed by atoms with van der Waals surface area (Å²) in [6, 6.07) is 13.1. The highest BCUT2D eigenvalue weighted by atomic mass is 35.5. The predicted octanol–water partition coefficient (Wildman–Crippen LogP) is 3.34. The first-order valence-electron chi connectivity index (χ1n) is 7.94. The first-order valence-corrected chi connectivity index (χ1v) is 8.32. The van der Waals surface area contributed by atoms with Crippen molar-refractivity contribution in [3.8, 4) is 5.75 Å². The largest absolute Gasteiger partial charge is 0.495 e. The highest BCUT2D eigenvalue weighted by molar-refractivity contribution is 6.31. The fourth-order valence-electron chi connectivity index (χ4n) is 2.29. The lowest BCUT2D eigenvalue weighted by Gasteiger charge is -2.12. The minimum absolute atomic E-state index is 0.0988. The lowest BCUT2D eigenvalue weighted by Crippen LogP contribution is -2.33. The first-order chi connectivity index (χ1) is 12.0. The topological polar surface area (TPSA) is 67.4 Å². The van der Waals surface area contributed by atoms with Gasteiger partial charge in [0.2, 0.25) is 11.8 Å². The number of ether oxygens (including phenoxy) is 1. The molecule has 132 valence electrons. The zero-order valence-electron chi connectivity index (χ0n) is 14.3. The number of carbonyl (C=O) groups is 2. The number of halogens is 1. The number of rotatable bonds is 7. The zero-order valence-corrected chi connectivity index (χ0v) is 15.0. The van der Waals surface area contributed by atoms with Crippen LogP contribution in [-0.4, -0.2) is 25.5 Å². The smallest absolute Gasteiger partial charge is 0.243 e. The van der Waals surface area contributed by atoms with Crippen LogP contribution >= 0.6 is 11.6 Å². The van der Waals surface area contributed by atoms with E-state index in [-0.39, 0.29) is 18.4 Å². The van der Waals surface area contributed by atoms with Gasteiger partial charge in [0.25, 0.3) is 0 Å². The molecule has 6 heteroatoms. The van der Waals surface area contributed by atoms with Gasteiger partial charge >= 0.3 is 0 Å². The van der Waals surface area contributed by atoms with E-state index in [0.29, 0.717) is 29.3 Å². The lowest BCUT2D eigenvalue weighted by molar-refractivity contribution is -0.124. The van der Waals surface area contributed by atoms with Crippen LogP contribution in [0.1, 0.15) is 17.5 Å². The molecular formula is C19H21ClN2O3. The summed E-state index contributed by atoms with van der Waals surface area (Å²) in [7, 11) is 1.50. The van der Waals surface area contributed by atoms with Crippen LogP contribution in [0.15, 0.2) is 42.5 Å². The van der Waals surface area contributed by atoms with Gasteiger partial charge in [-0.2, -0.15) is 0 Å². The molecule has 0 unspecified atom stereocenters. The SMILES string of the molecule is COc1cc(Cl)c(C)cc1NC(=O)CNC(=O)CCc1ccccc1. The Morgan fingerprint density at radius 2 is 1.84 bits per heavy atom. The first kappa shape index (κ1) is 18.8. The number of anilines is 1. The standard InChI is InChI=1S/C19H21ClN2O3/c1-13-10-16(17(25-2)11-15(13)20)22-19(24)12-21-18(23)9-8-14-6-4-3-5-7-14/h3-7,10-11H,8-9,12H2,1-2H3,(H,21,23)(H,22,24). The van der Waals surface area contributed by atoms with Crippen LogP contribution in [0, 0.1) is 6.92 Å². The van der Waals surface area contributed by atoms with Crippen LogP contribution in [0.2, 0.25) is 5.02 Å². The number of methoxy groups -OCH3 is 1. The van der Waals surface area contributed by atoms with Gasteiger partial charge in [0.15, 0.2) is 0 Å². The second kappa shape index (κ2) is 9.08. The van der Waals surface area contributed by atoms with Gasteiger partial charge in [-0.25, -0.2) is 0 Å². The van der Waals surface area contributed by atoms with Crippen molar-refractivity contribution in [2.75, 3.05) is 19.0 Å². The third-order valence-corrected chi connectivity index (χ3v) is 4.09. The molecule has 0 aliphatic rings. The van der Waals surface area contributed by atoms with Crippen molar-refractivity contribution in [1.82, 2.24) is 5.32 Å². The molecule has 0 saturated heterocycles. The van der Waals surface area contributed by atoms with E-state index in [9.17, 15) is 9.59 Å². The molecule has 0 aliphatic heterocycles. The second-order valence-electron chi connectivity index (χ2n) is 5.61. The molecule has 5 nitrogen and oxygen atoms in total. The monoisotopic (exact) mass is 360 g/mol. The van der Waals surface area contributed by atoms with Crippen molar-refractivity contribution in [2.45, 2.75) is 19.8 Å². The molecule has 0 radical (unpaired) electrons. The molecular weight excluding hydrogens is 340 g/mol. The van der Waals surface area contributed by atoms with E-state index in [1.54, 1.807) is 12.1 Å². The van der Waals surface area contributed by atoms with Gasteiger partial charge in [0.05, 0.1) is 19.3 Å². The Labute approximate surface area is 152 Å². The van der Waals surface area contributed by atoms with Crippen molar-refractivity contribution < 1.29 is 14.3 Å². The van der Waals surface area contributed by atoms with E-state index in [1.165, 1.54) is 7.11 Å². The van der Waals surface area contributed by atoms with E-state index in [1.807, 2.05) is 37.3 Å². The van der Waals surface area contributed by atoms with Crippen molar-refractivity contribution in [1.29, 1.82) is 0 Å². The van der Waals surface area contributed by atoms with Crippen molar-refractivity contribution in [3.63, 3.8) is 0 Å². The second-order valence-corrected chi connectivity index (χ2v) is 6.02. The molecule has 2 rings (SSSR count). The number of benzene rings is 2. The van der Waals surface area contributed by atoms with Crippen molar-refractivity contribution in [3.05, 3.63) is 58.6 Å². The molecule has 2 aromatic carbocycles. The summed E-state index contributed by atoms with van der Waals surface area (Å²) in [6.45, 7) is 1.74. The van der Waals surface area contributed by atoms with Gasteiger partial charge in [0, 0.05) is 17.5 Å². The van der Waals surface area contributed by atoms with Crippen LogP contribution in [-0.2, 0) is 16.0 Å². The van der Waals surface area contributed by atoms with Gasteiger partial charge in [-0.1, -0.05) is 41.9 Å². The van der Waals surface area contributed by atoms with Gasteiger partial charge in [-0.3, -0.25) is 9.59 Å². The molecule has 0 aliphatic carbocycles. The predicted molar refractivity (Wildman–Crippen MR) is 99.1 cm³/mol. The van der Waals surface area contributed by atoms with Crippen LogP contribution in [0.5, 0.6) is 5.75 Å². The summed E-state index contributed by atoms with van der Waals surface area (Å²) in [4.78, 5) is 23.9. The number of aryl methyl sites for hydroxylation is 2. The number of hydrogen-bond donors (Lipinski definition) is 2. The fraction of sp³-hybridized carbons (Fsp3) is 0.263. The summed E-state index contributed by atoms with van der Waals surface area (Å²) >= 11 is 6.04. The third kappa shape index (κ3) is 5.80. The Morgan fingerprint density at radius 3 is 2.52 bits per heavy atom. The van der Waals surface area contributed by atoms with Crippen LogP contribution in [0.4, 0.5) is 5.69 Å². The summed E-state index contributed by atoms with van der Waals surface area (Å²) in [6.07, 6.45) is 0.971. The highest BCUT2D eigenvalue weighted by Crippen LogP contribution is 2.30. The molecule has 2 aromatic rings. The van der Waals surface area contributed by atoms with Crippen molar-refractivity contribution >= 4 is 29.1 Å². The number of carbonyl (C=O) groups excluding carboxylic acids is 2. The Kier molecular flexibility index (Phi) is 6.83. The third-order valence-electron chi connectivity index (χ3n) is 3.68. The van der Waals surface area contributed by atoms with Gasteiger partial charge in [0.1, 0.15) is 5.75 Å². The quantitative estimate of drug-likeness (QED) is 0.795. The Morgan fingerprint density at radius 1 is 1.12 bits per heavy atom. The van der Waals surface area contributed by atoms with Crippen LogP contribution in [0.3, 0.4) is 0 Å². The minimum Gasteiger partial charge on any atom is -0.495 e. The summed E-state index contributed by atoms with van der Waals surface area (Å²) in [5.74, 6) is -0.0225. The molecule has 2 amide bonds. The Hall–Kier alpha value is -2.53. The number of nitrogens with one attached hydrogen (secondary N) is 2. The van der Waals surface area contributed by atoms with Crippen LogP contribution < -0.4 is 15.4 Å². The van der Waals surface area contributed by atoms with Gasteiger partial charge in [-0.15, -0.1) is 0 Å². The summed E-state index contributed by atoms with van der Waals surface area (Å²) in [5, 5.41) is 5.90. The Balaban J connectivity index is 1.82. The maximum Gasteiger partial charge on any atom is 0.243 e. The fourth-order valence-corrected chi connectivity index (χ4v) is 2.45. The molecule has 0 spiro atoms. The average molecular weight is 361 g/mol. The number of hydrogen-bond acceptors (Lipinski definition) is 3. The maximum absolute atomic E-state index is 12.0. The molecule has 25 heavy (non-hydrogen) atoms.